The number of aromatic nitrogens is 2. The third-order valence-corrected chi connectivity index (χ3v) is 3.79. The first-order chi connectivity index (χ1) is 12.0. The Kier molecular flexibility index (Phi) is 4.13. The second kappa shape index (κ2) is 6.40. The van der Waals surface area contributed by atoms with E-state index < -0.39 is 5.91 Å². The van der Waals surface area contributed by atoms with Crippen molar-refractivity contribution < 1.29 is 4.79 Å². The first kappa shape index (κ1) is 16.1. The lowest BCUT2D eigenvalue weighted by Gasteiger charge is -2.14. The van der Waals surface area contributed by atoms with Gasteiger partial charge >= 0.3 is 0 Å². The lowest BCUT2D eigenvalue weighted by molar-refractivity contribution is 0.0996. The summed E-state index contributed by atoms with van der Waals surface area (Å²) in [4.78, 5) is 20.3. The summed E-state index contributed by atoms with van der Waals surface area (Å²) in [7, 11) is 0. The number of carbonyl (C=O) groups is 1. The third-order valence-electron chi connectivity index (χ3n) is 3.79. The molecule has 1 aromatic carbocycles. The molecule has 25 heavy (non-hydrogen) atoms. The Balaban J connectivity index is 2.34. The second-order valence-electron chi connectivity index (χ2n) is 5.35. The van der Waals surface area contributed by atoms with Crippen LogP contribution in [0.3, 0.4) is 0 Å². The highest BCUT2D eigenvalue weighted by Crippen LogP contribution is 2.34. The zero-order valence-electron chi connectivity index (χ0n) is 13.2. The van der Waals surface area contributed by atoms with Gasteiger partial charge in [-0.15, -0.1) is 0 Å². The average Bonchev–Trinajstić information content (AvgIpc) is 2.62. The van der Waals surface area contributed by atoms with E-state index in [0.29, 0.717) is 33.8 Å². The molecule has 0 aliphatic carbocycles. The number of hydrogen-bond acceptors (Lipinski definition) is 6. The van der Waals surface area contributed by atoms with Crippen molar-refractivity contribution in [2.45, 2.75) is 0 Å². The van der Waals surface area contributed by atoms with Crippen LogP contribution in [0.1, 0.15) is 16.1 Å². The van der Waals surface area contributed by atoms with Crippen LogP contribution in [-0.4, -0.2) is 22.1 Å². The second-order valence-corrected chi connectivity index (χ2v) is 5.35. The van der Waals surface area contributed by atoms with E-state index in [1.807, 2.05) is 6.07 Å². The van der Waals surface area contributed by atoms with Gasteiger partial charge in [0, 0.05) is 29.2 Å². The summed E-state index contributed by atoms with van der Waals surface area (Å²) in [5.41, 5.74) is 20.7. The molecule has 7 heteroatoms. The Morgan fingerprint density at radius 1 is 1.04 bits per heavy atom. The van der Waals surface area contributed by atoms with Crippen LogP contribution in [0, 0.1) is 5.41 Å². The Morgan fingerprint density at radius 3 is 2.48 bits per heavy atom. The quantitative estimate of drug-likeness (QED) is 0.427. The molecule has 0 spiro atoms. The van der Waals surface area contributed by atoms with Crippen LogP contribution >= 0.6 is 0 Å². The summed E-state index contributed by atoms with van der Waals surface area (Å²) in [5, 5.41) is 7.64. The van der Waals surface area contributed by atoms with E-state index in [4.69, 9.17) is 22.6 Å². The normalized spacial score (nSPS) is 10.4. The minimum absolute atomic E-state index is 0.0449. The van der Waals surface area contributed by atoms with Gasteiger partial charge in [-0.3, -0.25) is 9.78 Å². The van der Waals surface area contributed by atoms with Gasteiger partial charge in [-0.1, -0.05) is 18.2 Å². The van der Waals surface area contributed by atoms with Gasteiger partial charge in [0.2, 0.25) is 0 Å². The monoisotopic (exact) mass is 332 g/mol. The molecule has 0 bridgehead atoms. The zero-order valence-corrected chi connectivity index (χ0v) is 13.2. The number of hydrogen-bond donors (Lipinski definition) is 4. The van der Waals surface area contributed by atoms with E-state index >= 15 is 0 Å². The Bertz CT molecular complexity index is 969. The summed E-state index contributed by atoms with van der Waals surface area (Å²) >= 11 is 0. The van der Waals surface area contributed by atoms with Crippen molar-refractivity contribution in [1.82, 2.24) is 9.97 Å². The number of nitrogens with one attached hydrogen (secondary N) is 1. The number of nitrogen functional groups attached to an aromatic ring is 2. The van der Waals surface area contributed by atoms with Crippen LogP contribution in [0.2, 0.25) is 0 Å². The van der Waals surface area contributed by atoms with Crippen molar-refractivity contribution in [3.63, 3.8) is 0 Å². The van der Waals surface area contributed by atoms with E-state index in [1.165, 1.54) is 0 Å². The minimum Gasteiger partial charge on any atom is -0.398 e. The SMILES string of the molecule is N=Cc1c(N)cccc1-c1cc(-c2ccccn2)nc(C(N)=O)c1N. The standard InChI is InChI=1S/C18H16N6O/c19-9-12-10(4-3-5-13(12)20)11-8-15(14-6-1-2-7-23-14)24-17(16(11)21)18(22)25/h1-9,19H,20-21H2,(H2,22,25). The van der Waals surface area contributed by atoms with E-state index in [2.05, 4.69) is 9.97 Å². The van der Waals surface area contributed by atoms with E-state index in [9.17, 15) is 4.79 Å². The molecule has 3 aromatic rings. The fraction of sp³-hybridized carbons (Fsp3) is 0. The van der Waals surface area contributed by atoms with E-state index in [-0.39, 0.29) is 11.4 Å². The molecule has 2 heterocycles. The molecular formula is C18H16N6O. The molecule has 0 atom stereocenters. The average molecular weight is 332 g/mol. The van der Waals surface area contributed by atoms with Crippen LogP contribution in [-0.2, 0) is 0 Å². The fourth-order valence-electron chi connectivity index (χ4n) is 2.59. The summed E-state index contributed by atoms with van der Waals surface area (Å²) < 4.78 is 0. The zero-order chi connectivity index (χ0) is 18.0. The smallest absolute Gasteiger partial charge is 0.269 e. The van der Waals surface area contributed by atoms with Crippen LogP contribution in [0.5, 0.6) is 0 Å². The van der Waals surface area contributed by atoms with Gasteiger partial charge in [0.05, 0.1) is 17.1 Å². The topological polar surface area (TPSA) is 145 Å². The lowest BCUT2D eigenvalue weighted by Crippen LogP contribution is -2.17. The van der Waals surface area contributed by atoms with Gasteiger partial charge < -0.3 is 22.6 Å². The van der Waals surface area contributed by atoms with Crippen molar-refractivity contribution >= 4 is 23.5 Å². The van der Waals surface area contributed by atoms with Crippen LogP contribution in [0.15, 0.2) is 48.7 Å². The number of carbonyl (C=O) groups excluding carboxylic acids is 1. The molecule has 3 rings (SSSR count). The first-order valence-electron chi connectivity index (χ1n) is 7.44. The number of benzene rings is 1. The molecule has 0 aliphatic rings. The van der Waals surface area contributed by atoms with Crippen molar-refractivity contribution in [1.29, 1.82) is 5.41 Å². The van der Waals surface area contributed by atoms with Gasteiger partial charge in [0.15, 0.2) is 5.69 Å². The van der Waals surface area contributed by atoms with E-state index in [0.717, 1.165) is 6.21 Å². The molecule has 0 aliphatic heterocycles. The van der Waals surface area contributed by atoms with Gasteiger partial charge in [-0.05, 0) is 29.8 Å². The van der Waals surface area contributed by atoms with Crippen molar-refractivity contribution in [3.05, 3.63) is 59.9 Å². The molecule has 0 saturated carbocycles. The number of rotatable bonds is 4. The van der Waals surface area contributed by atoms with E-state index in [1.54, 1.807) is 42.6 Å². The maximum absolute atomic E-state index is 11.8. The molecule has 1 amide bonds. The molecule has 2 aromatic heterocycles. The fourth-order valence-corrected chi connectivity index (χ4v) is 2.59. The number of anilines is 2. The predicted molar refractivity (Wildman–Crippen MR) is 98.1 cm³/mol. The van der Waals surface area contributed by atoms with Crippen molar-refractivity contribution in [2.24, 2.45) is 5.73 Å². The summed E-state index contributed by atoms with van der Waals surface area (Å²) in [6.45, 7) is 0. The van der Waals surface area contributed by atoms with Crippen molar-refractivity contribution in [3.8, 4) is 22.5 Å². The Labute approximate surface area is 144 Å². The molecule has 0 radical (unpaired) electrons. The van der Waals surface area contributed by atoms with Crippen LogP contribution < -0.4 is 17.2 Å². The Hall–Kier alpha value is -3.74. The Morgan fingerprint density at radius 2 is 1.84 bits per heavy atom. The molecule has 0 saturated heterocycles. The number of pyridine rings is 2. The highest BCUT2D eigenvalue weighted by Gasteiger charge is 2.19. The number of nitrogens with zero attached hydrogens (tertiary/aromatic N) is 2. The van der Waals surface area contributed by atoms with Gasteiger partial charge in [0.25, 0.3) is 5.91 Å². The largest absolute Gasteiger partial charge is 0.398 e. The van der Waals surface area contributed by atoms with Crippen LogP contribution in [0.25, 0.3) is 22.5 Å². The molecule has 124 valence electrons. The maximum Gasteiger partial charge on any atom is 0.269 e. The third kappa shape index (κ3) is 2.90. The predicted octanol–water partition coefficient (Wildman–Crippen LogP) is 2.07. The van der Waals surface area contributed by atoms with Gasteiger partial charge in [0.1, 0.15) is 0 Å². The van der Waals surface area contributed by atoms with Crippen molar-refractivity contribution in [2.75, 3.05) is 11.5 Å². The minimum atomic E-state index is -0.739. The first-order valence-corrected chi connectivity index (χ1v) is 7.44. The highest BCUT2D eigenvalue weighted by molar-refractivity contribution is 6.04. The summed E-state index contributed by atoms with van der Waals surface area (Å²) in [5.74, 6) is -0.739. The highest BCUT2D eigenvalue weighted by atomic mass is 16.1. The van der Waals surface area contributed by atoms with Gasteiger partial charge in [-0.25, -0.2) is 4.98 Å². The molecule has 7 nitrogen and oxygen atoms in total. The maximum atomic E-state index is 11.8. The number of primary amides is 1. The molecular weight excluding hydrogens is 316 g/mol. The molecule has 0 fully saturated rings. The number of nitrogens with two attached hydrogens (primary N) is 3. The summed E-state index contributed by atoms with van der Waals surface area (Å²) in [6, 6.07) is 12.3. The molecule has 7 N–H and O–H groups in total. The lowest BCUT2D eigenvalue weighted by atomic mass is 9.96. The van der Waals surface area contributed by atoms with Gasteiger partial charge in [-0.2, -0.15) is 0 Å². The summed E-state index contributed by atoms with van der Waals surface area (Å²) in [6.07, 6.45) is 2.77. The number of amides is 1. The molecule has 0 unspecified atom stereocenters. The van der Waals surface area contributed by atoms with Crippen LogP contribution in [0.4, 0.5) is 11.4 Å².